The van der Waals surface area contributed by atoms with Gasteiger partial charge in [-0.05, 0) is 31.9 Å². The Morgan fingerprint density at radius 1 is 1.30 bits per heavy atom. The molecular formula is C16H23N3O. The number of aromatic nitrogens is 2. The molecule has 0 spiro atoms. The van der Waals surface area contributed by atoms with E-state index in [9.17, 15) is 0 Å². The minimum Gasteiger partial charge on any atom is -0.492 e. The Morgan fingerprint density at radius 3 is 2.75 bits per heavy atom. The molecule has 0 unspecified atom stereocenters. The van der Waals surface area contributed by atoms with Gasteiger partial charge in [-0.25, -0.2) is 4.98 Å². The van der Waals surface area contributed by atoms with Crippen LogP contribution >= 0.6 is 0 Å². The Bertz CT molecular complexity index is 561. The van der Waals surface area contributed by atoms with E-state index in [0.717, 1.165) is 29.6 Å². The number of nitrogens with zero attached hydrogens (tertiary/aromatic N) is 2. The molecule has 0 atom stereocenters. The lowest BCUT2D eigenvalue weighted by atomic mass is 10.2. The van der Waals surface area contributed by atoms with E-state index in [-0.39, 0.29) is 0 Å². The lowest BCUT2D eigenvalue weighted by Crippen LogP contribution is -2.08. The Hall–Kier alpha value is -1.97. The van der Waals surface area contributed by atoms with Crippen molar-refractivity contribution in [2.75, 3.05) is 11.9 Å². The fraction of sp³-hybridized carbons (Fsp3) is 0.438. The number of rotatable bonds is 6. The molecule has 1 aromatic heterocycles. The van der Waals surface area contributed by atoms with Crippen molar-refractivity contribution < 1.29 is 4.74 Å². The summed E-state index contributed by atoms with van der Waals surface area (Å²) >= 11 is 0. The first kappa shape index (κ1) is 14.4. The molecule has 0 amide bonds. The summed E-state index contributed by atoms with van der Waals surface area (Å²) in [5.74, 6) is 2.29. The maximum absolute atomic E-state index is 5.64. The van der Waals surface area contributed by atoms with Gasteiger partial charge in [0.05, 0.1) is 18.0 Å². The van der Waals surface area contributed by atoms with E-state index in [4.69, 9.17) is 4.74 Å². The average Bonchev–Trinajstić information content (AvgIpc) is 2.71. The van der Waals surface area contributed by atoms with Crippen LogP contribution in [0.4, 0.5) is 11.6 Å². The number of imidazole rings is 1. The van der Waals surface area contributed by atoms with Crippen LogP contribution in [0.5, 0.6) is 5.75 Å². The number of nitrogens with one attached hydrogen (secondary N) is 1. The van der Waals surface area contributed by atoms with Gasteiger partial charge in [0.1, 0.15) is 5.75 Å². The number of hydrogen-bond donors (Lipinski definition) is 1. The van der Waals surface area contributed by atoms with Crippen LogP contribution in [0.1, 0.15) is 26.5 Å². The standard InChI is InChI=1S/C16H23N3O/c1-5-20-15-9-7-6-8-14(15)18-16-17-13(4)11-19(16)10-12(2)3/h6-9,11-12H,5,10H2,1-4H3,(H,17,18). The van der Waals surface area contributed by atoms with Crippen LogP contribution in [0.15, 0.2) is 30.5 Å². The molecule has 1 heterocycles. The fourth-order valence-corrected chi connectivity index (χ4v) is 2.15. The predicted octanol–water partition coefficient (Wildman–Crippen LogP) is 3.99. The minimum absolute atomic E-state index is 0.575. The topological polar surface area (TPSA) is 39.1 Å². The van der Waals surface area contributed by atoms with Crippen molar-refractivity contribution in [2.24, 2.45) is 5.92 Å². The van der Waals surface area contributed by atoms with E-state index in [1.54, 1.807) is 0 Å². The maximum Gasteiger partial charge on any atom is 0.207 e. The summed E-state index contributed by atoms with van der Waals surface area (Å²) in [6, 6.07) is 7.94. The Kier molecular flexibility index (Phi) is 4.66. The van der Waals surface area contributed by atoms with Crippen molar-refractivity contribution in [3.05, 3.63) is 36.2 Å². The Morgan fingerprint density at radius 2 is 2.05 bits per heavy atom. The minimum atomic E-state index is 0.575. The molecular weight excluding hydrogens is 250 g/mol. The molecule has 0 aliphatic heterocycles. The second-order valence-electron chi connectivity index (χ2n) is 5.31. The highest BCUT2D eigenvalue weighted by Gasteiger charge is 2.10. The molecule has 0 fully saturated rings. The maximum atomic E-state index is 5.64. The van der Waals surface area contributed by atoms with Gasteiger partial charge in [-0.15, -0.1) is 0 Å². The number of aryl methyl sites for hydroxylation is 1. The molecule has 0 aliphatic carbocycles. The number of anilines is 2. The van der Waals surface area contributed by atoms with Crippen LogP contribution in [-0.4, -0.2) is 16.2 Å². The van der Waals surface area contributed by atoms with Crippen LogP contribution in [0.25, 0.3) is 0 Å². The van der Waals surface area contributed by atoms with Crippen molar-refractivity contribution in [3.8, 4) is 5.75 Å². The molecule has 0 radical (unpaired) electrons. The zero-order chi connectivity index (χ0) is 14.5. The zero-order valence-corrected chi connectivity index (χ0v) is 12.7. The highest BCUT2D eigenvalue weighted by atomic mass is 16.5. The zero-order valence-electron chi connectivity index (χ0n) is 12.7. The first-order valence-corrected chi connectivity index (χ1v) is 7.12. The molecule has 0 saturated carbocycles. The van der Waals surface area contributed by atoms with Gasteiger partial charge in [0.2, 0.25) is 5.95 Å². The third-order valence-corrected chi connectivity index (χ3v) is 2.89. The van der Waals surface area contributed by atoms with E-state index < -0.39 is 0 Å². The van der Waals surface area contributed by atoms with E-state index in [0.29, 0.717) is 12.5 Å². The van der Waals surface area contributed by atoms with Gasteiger partial charge < -0.3 is 14.6 Å². The van der Waals surface area contributed by atoms with Gasteiger partial charge in [0.15, 0.2) is 0 Å². The highest BCUT2D eigenvalue weighted by molar-refractivity contribution is 5.62. The average molecular weight is 273 g/mol. The summed E-state index contributed by atoms with van der Waals surface area (Å²) in [6.07, 6.45) is 2.08. The molecule has 4 heteroatoms. The van der Waals surface area contributed by atoms with E-state index in [1.165, 1.54) is 0 Å². The number of benzene rings is 1. The van der Waals surface area contributed by atoms with Gasteiger partial charge in [-0.3, -0.25) is 0 Å². The normalized spacial score (nSPS) is 10.8. The Labute approximate surface area is 120 Å². The first-order chi connectivity index (χ1) is 9.60. The van der Waals surface area contributed by atoms with Crippen molar-refractivity contribution in [1.82, 2.24) is 9.55 Å². The lowest BCUT2D eigenvalue weighted by Gasteiger charge is -2.14. The van der Waals surface area contributed by atoms with E-state index >= 15 is 0 Å². The summed E-state index contributed by atoms with van der Waals surface area (Å²) in [7, 11) is 0. The van der Waals surface area contributed by atoms with Gasteiger partial charge >= 0.3 is 0 Å². The Balaban J connectivity index is 2.25. The van der Waals surface area contributed by atoms with Gasteiger partial charge in [-0.1, -0.05) is 26.0 Å². The molecule has 20 heavy (non-hydrogen) atoms. The quantitative estimate of drug-likeness (QED) is 0.865. The van der Waals surface area contributed by atoms with Crippen LogP contribution in [0.3, 0.4) is 0 Å². The van der Waals surface area contributed by atoms with Crippen molar-refractivity contribution in [1.29, 1.82) is 0 Å². The van der Waals surface area contributed by atoms with Crippen LogP contribution in [-0.2, 0) is 6.54 Å². The highest BCUT2D eigenvalue weighted by Crippen LogP contribution is 2.27. The predicted molar refractivity (Wildman–Crippen MR) is 82.7 cm³/mol. The van der Waals surface area contributed by atoms with Gasteiger partial charge in [-0.2, -0.15) is 0 Å². The van der Waals surface area contributed by atoms with Crippen LogP contribution in [0, 0.1) is 12.8 Å². The number of hydrogen-bond acceptors (Lipinski definition) is 3. The molecule has 4 nitrogen and oxygen atoms in total. The molecule has 2 aromatic rings. The van der Waals surface area contributed by atoms with Crippen molar-refractivity contribution in [2.45, 2.75) is 34.2 Å². The summed E-state index contributed by atoms with van der Waals surface area (Å²) < 4.78 is 7.79. The second kappa shape index (κ2) is 6.46. The number of ether oxygens (including phenoxy) is 1. The van der Waals surface area contributed by atoms with Crippen LogP contribution in [0.2, 0.25) is 0 Å². The summed E-state index contributed by atoms with van der Waals surface area (Å²) in [5.41, 5.74) is 1.96. The fourth-order valence-electron chi connectivity index (χ4n) is 2.15. The third-order valence-electron chi connectivity index (χ3n) is 2.89. The first-order valence-electron chi connectivity index (χ1n) is 7.12. The number of para-hydroxylation sites is 2. The largest absolute Gasteiger partial charge is 0.492 e. The molecule has 0 aliphatic rings. The van der Waals surface area contributed by atoms with Gasteiger partial charge in [0, 0.05) is 12.7 Å². The third kappa shape index (κ3) is 3.53. The summed E-state index contributed by atoms with van der Waals surface area (Å²) in [6.45, 7) is 10.00. The monoisotopic (exact) mass is 273 g/mol. The lowest BCUT2D eigenvalue weighted by molar-refractivity contribution is 0.342. The molecule has 1 aromatic carbocycles. The van der Waals surface area contributed by atoms with Crippen molar-refractivity contribution in [3.63, 3.8) is 0 Å². The van der Waals surface area contributed by atoms with E-state index in [2.05, 4.69) is 34.9 Å². The molecule has 1 N–H and O–H groups in total. The van der Waals surface area contributed by atoms with Gasteiger partial charge in [0.25, 0.3) is 0 Å². The van der Waals surface area contributed by atoms with E-state index in [1.807, 2.05) is 38.1 Å². The molecule has 2 rings (SSSR count). The SMILES string of the molecule is CCOc1ccccc1Nc1nc(C)cn1CC(C)C. The molecule has 0 bridgehead atoms. The summed E-state index contributed by atoms with van der Waals surface area (Å²) in [5, 5.41) is 3.38. The van der Waals surface area contributed by atoms with Crippen LogP contribution < -0.4 is 10.1 Å². The smallest absolute Gasteiger partial charge is 0.207 e. The molecule has 108 valence electrons. The summed E-state index contributed by atoms with van der Waals surface area (Å²) in [4.78, 5) is 4.56. The second-order valence-corrected chi connectivity index (χ2v) is 5.31. The van der Waals surface area contributed by atoms with Crippen molar-refractivity contribution >= 4 is 11.6 Å². The molecule has 0 saturated heterocycles.